The van der Waals surface area contributed by atoms with E-state index in [0.29, 0.717) is 19.5 Å². The molecule has 1 aromatic carbocycles. The Morgan fingerprint density at radius 1 is 1.50 bits per heavy atom. The molecule has 1 aliphatic rings. The average Bonchev–Trinajstić information content (AvgIpc) is 2.48. The number of phenolic OH excluding ortho intramolecular Hbond substituents is 2. The first-order valence-corrected chi connectivity index (χ1v) is 6.62. The molecule has 20 heavy (non-hydrogen) atoms. The fourth-order valence-corrected chi connectivity index (χ4v) is 2.57. The van der Waals surface area contributed by atoms with Gasteiger partial charge < -0.3 is 25.6 Å². The van der Waals surface area contributed by atoms with E-state index in [0.717, 1.165) is 6.42 Å². The number of benzene rings is 1. The number of nitrogens with two attached hydrogens (primary N) is 1. The summed E-state index contributed by atoms with van der Waals surface area (Å²) >= 11 is 0. The summed E-state index contributed by atoms with van der Waals surface area (Å²) in [4.78, 5) is 14.1. The van der Waals surface area contributed by atoms with Crippen molar-refractivity contribution in [3.05, 3.63) is 23.8 Å². The number of phenols is 2. The Kier molecular flexibility index (Phi) is 4.46. The third-order valence-corrected chi connectivity index (χ3v) is 3.74. The Labute approximate surface area is 117 Å². The van der Waals surface area contributed by atoms with Crippen LogP contribution in [0.25, 0.3) is 0 Å². The normalized spacial score (nSPS) is 22.8. The summed E-state index contributed by atoms with van der Waals surface area (Å²) in [5.74, 6) is -0.511. The Balaban J connectivity index is 2.21. The zero-order chi connectivity index (χ0) is 14.7. The van der Waals surface area contributed by atoms with Crippen LogP contribution in [0.3, 0.4) is 0 Å². The van der Waals surface area contributed by atoms with Gasteiger partial charge in [-0.15, -0.1) is 0 Å². The van der Waals surface area contributed by atoms with Crippen molar-refractivity contribution < 1.29 is 19.7 Å². The molecule has 110 valence electrons. The molecule has 6 nitrogen and oxygen atoms in total. The first-order valence-electron chi connectivity index (χ1n) is 6.62. The van der Waals surface area contributed by atoms with Gasteiger partial charge in [-0.05, 0) is 31.0 Å². The van der Waals surface area contributed by atoms with Crippen molar-refractivity contribution in [1.82, 2.24) is 4.90 Å². The molecule has 0 bridgehead atoms. The summed E-state index contributed by atoms with van der Waals surface area (Å²) in [6, 6.07) is 3.79. The topological polar surface area (TPSA) is 96.0 Å². The molecule has 2 atom stereocenters. The van der Waals surface area contributed by atoms with E-state index < -0.39 is 0 Å². The lowest BCUT2D eigenvalue weighted by Gasteiger charge is -2.38. The summed E-state index contributed by atoms with van der Waals surface area (Å²) in [7, 11) is 1.65. The van der Waals surface area contributed by atoms with Crippen LogP contribution in [0.5, 0.6) is 11.5 Å². The largest absolute Gasteiger partial charge is 0.508 e. The van der Waals surface area contributed by atoms with E-state index in [4.69, 9.17) is 10.5 Å². The van der Waals surface area contributed by atoms with Gasteiger partial charge >= 0.3 is 0 Å². The molecule has 1 aromatic rings. The van der Waals surface area contributed by atoms with E-state index >= 15 is 0 Å². The molecule has 0 aliphatic carbocycles. The Morgan fingerprint density at radius 3 is 2.90 bits per heavy atom. The maximum absolute atomic E-state index is 12.5. The van der Waals surface area contributed by atoms with Crippen LogP contribution < -0.4 is 5.73 Å². The second-order valence-corrected chi connectivity index (χ2v) is 4.97. The number of carbonyl (C=O) groups is 1. The van der Waals surface area contributed by atoms with E-state index in [1.165, 1.54) is 18.2 Å². The number of methoxy groups -OCH3 is 1. The van der Waals surface area contributed by atoms with Crippen molar-refractivity contribution in [2.24, 2.45) is 5.73 Å². The van der Waals surface area contributed by atoms with Gasteiger partial charge in [0.25, 0.3) is 5.91 Å². The highest BCUT2D eigenvalue weighted by Crippen LogP contribution is 2.27. The lowest BCUT2D eigenvalue weighted by molar-refractivity contribution is 0.0137. The molecule has 1 fully saturated rings. The van der Waals surface area contributed by atoms with Crippen LogP contribution in [0.4, 0.5) is 0 Å². The van der Waals surface area contributed by atoms with Gasteiger partial charge in [0, 0.05) is 26.2 Å². The summed E-state index contributed by atoms with van der Waals surface area (Å²) in [6.45, 7) is 0.861. The first-order chi connectivity index (χ1) is 9.56. The summed E-state index contributed by atoms with van der Waals surface area (Å²) in [6.07, 6.45) is 1.52. The Bertz CT molecular complexity index is 492. The van der Waals surface area contributed by atoms with Gasteiger partial charge in [0.05, 0.1) is 11.7 Å². The van der Waals surface area contributed by atoms with Gasteiger partial charge in [-0.1, -0.05) is 0 Å². The molecule has 0 spiro atoms. The number of nitrogens with zero attached hydrogens (tertiary/aromatic N) is 1. The molecule has 0 aromatic heterocycles. The van der Waals surface area contributed by atoms with Crippen molar-refractivity contribution in [1.29, 1.82) is 0 Å². The third kappa shape index (κ3) is 2.86. The third-order valence-electron chi connectivity index (χ3n) is 3.74. The number of amides is 1. The van der Waals surface area contributed by atoms with Crippen LogP contribution in [0.1, 0.15) is 23.2 Å². The van der Waals surface area contributed by atoms with Crippen LogP contribution >= 0.6 is 0 Å². The maximum atomic E-state index is 12.5. The second kappa shape index (κ2) is 6.11. The number of rotatable bonds is 3. The van der Waals surface area contributed by atoms with Crippen LogP contribution in [0.15, 0.2) is 18.2 Å². The lowest BCUT2D eigenvalue weighted by Crippen LogP contribution is -2.51. The fourth-order valence-electron chi connectivity index (χ4n) is 2.57. The van der Waals surface area contributed by atoms with Crippen molar-refractivity contribution in [2.45, 2.75) is 25.0 Å². The zero-order valence-electron chi connectivity index (χ0n) is 11.5. The van der Waals surface area contributed by atoms with E-state index in [1.54, 1.807) is 12.0 Å². The Hall–Kier alpha value is -1.79. The van der Waals surface area contributed by atoms with Crippen LogP contribution in [-0.4, -0.2) is 53.4 Å². The molecule has 6 heteroatoms. The van der Waals surface area contributed by atoms with Crippen molar-refractivity contribution >= 4 is 5.91 Å². The van der Waals surface area contributed by atoms with E-state index in [1.807, 2.05) is 0 Å². The smallest absolute Gasteiger partial charge is 0.258 e. The standard InChI is InChI=1S/C14H20N2O4/c1-20-11-4-5-16(9(6-11)8-15)14(19)12-7-10(17)2-3-13(12)18/h2-3,7,9,11,17-18H,4-6,8,15H2,1H3. The quantitative estimate of drug-likeness (QED) is 0.707. The van der Waals surface area contributed by atoms with Gasteiger partial charge in [-0.3, -0.25) is 4.79 Å². The minimum Gasteiger partial charge on any atom is -0.508 e. The summed E-state index contributed by atoms with van der Waals surface area (Å²) in [5.41, 5.74) is 5.83. The molecule has 2 unspecified atom stereocenters. The van der Waals surface area contributed by atoms with Crippen LogP contribution in [0, 0.1) is 0 Å². The number of aromatic hydroxyl groups is 2. The number of hydrogen-bond acceptors (Lipinski definition) is 5. The SMILES string of the molecule is COC1CCN(C(=O)c2cc(O)ccc2O)C(CN)C1. The number of ether oxygens (including phenoxy) is 1. The molecule has 4 N–H and O–H groups in total. The number of piperidine rings is 1. The molecule has 1 heterocycles. The average molecular weight is 280 g/mol. The zero-order valence-corrected chi connectivity index (χ0v) is 11.5. The predicted molar refractivity (Wildman–Crippen MR) is 73.7 cm³/mol. The second-order valence-electron chi connectivity index (χ2n) is 4.97. The van der Waals surface area contributed by atoms with Gasteiger partial charge in [-0.2, -0.15) is 0 Å². The molecule has 2 rings (SSSR count). The van der Waals surface area contributed by atoms with Crippen LogP contribution in [0.2, 0.25) is 0 Å². The lowest BCUT2D eigenvalue weighted by atomic mass is 9.98. The minimum atomic E-state index is -0.316. The van der Waals surface area contributed by atoms with Gasteiger partial charge in [0.2, 0.25) is 0 Å². The molecular weight excluding hydrogens is 260 g/mol. The number of hydrogen-bond donors (Lipinski definition) is 3. The van der Waals surface area contributed by atoms with Gasteiger partial charge in [0.15, 0.2) is 0 Å². The molecule has 1 aliphatic heterocycles. The molecular formula is C14H20N2O4. The van der Waals surface area contributed by atoms with E-state index in [9.17, 15) is 15.0 Å². The fraction of sp³-hybridized carbons (Fsp3) is 0.500. The molecule has 1 amide bonds. The van der Waals surface area contributed by atoms with Crippen LogP contribution in [-0.2, 0) is 4.74 Å². The Morgan fingerprint density at radius 2 is 2.25 bits per heavy atom. The number of carbonyl (C=O) groups excluding carboxylic acids is 1. The van der Waals surface area contributed by atoms with Crippen molar-refractivity contribution in [3.63, 3.8) is 0 Å². The highest BCUT2D eigenvalue weighted by molar-refractivity contribution is 5.97. The van der Waals surface area contributed by atoms with Crippen molar-refractivity contribution in [3.8, 4) is 11.5 Å². The minimum absolute atomic E-state index is 0.0535. The monoisotopic (exact) mass is 280 g/mol. The van der Waals surface area contributed by atoms with Crippen molar-refractivity contribution in [2.75, 3.05) is 20.2 Å². The summed E-state index contributed by atoms with van der Waals surface area (Å²) < 4.78 is 5.32. The predicted octanol–water partition coefficient (Wildman–Crippen LogP) is 0.676. The molecule has 0 radical (unpaired) electrons. The summed E-state index contributed by atoms with van der Waals surface area (Å²) in [5, 5.41) is 19.2. The molecule has 1 saturated heterocycles. The van der Waals surface area contributed by atoms with E-state index in [2.05, 4.69) is 0 Å². The highest BCUT2D eigenvalue weighted by Gasteiger charge is 2.32. The van der Waals surface area contributed by atoms with Gasteiger partial charge in [0.1, 0.15) is 11.5 Å². The van der Waals surface area contributed by atoms with E-state index in [-0.39, 0.29) is 35.1 Å². The van der Waals surface area contributed by atoms with Gasteiger partial charge in [-0.25, -0.2) is 0 Å². The maximum Gasteiger partial charge on any atom is 0.258 e. The molecule has 0 saturated carbocycles. The number of likely N-dealkylation sites (tertiary alicyclic amines) is 1. The first kappa shape index (κ1) is 14.6. The highest BCUT2D eigenvalue weighted by atomic mass is 16.5.